The molecule has 2 rings (SSSR count). The molecule has 136 valence electrons. The second-order valence-corrected chi connectivity index (χ2v) is 7.16. The lowest BCUT2D eigenvalue weighted by Gasteiger charge is -2.29. The van der Waals surface area contributed by atoms with Crippen LogP contribution in [0, 0.1) is 5.92 Å². The van der Waals surface area contributed by atoms with Gasteiger partial charge in [0.25, 0.3) is 0 Å². The molecule has 0 unspecified atom stereocenters. The average molecular weight is 344 g/mol. The van der Waals surface area contributed by atoms with Crippen molar-refractivity contribution < 1.29 is 17.6 Å². The maximum atomic E-state index is 14.1. The highest BCUT2D eigenvalue weighted by Crippen LogP contribution is 2.46. The Morgan fingerprint density at radius 2 is 1.46 bits per heavy atom. The van der Waals surface area contributed by atoms with E-state index in [0.29, 0.717) is 5.92 Å². The summed E-state index contributed by atoms with van der Waals surface area (Å²) in [5, 5.41) is 0. The minimum absolute atomic E-state index is 0.0294. The third kappa shape index (κ3) is 4.12. The molecule has 0 amide bonds. The summed E-state index contributed by atoms with van der Waals surface area (Å²) in [5.41, 5.74) is 0.424. The van der Waals surface area contributed by atoms with Gasteiger partial charge in [0.1, 0.15) is 0 Å². The zero-order valence-corrected chi connectivity index (χ0v) is 14.6. The molecule has 1 aliphatic carbocycles. The number of halogens is 4. The van der Waals surface area contributed by atoms with E-state index in [0.717, 1.165) is 24.3 Å². The second kappa shape index (κ2) is 7.88. The molecule has 0 nitrogen and oxygen atoms in total. The smallest absolute Gasteiger partial charge is 0.199 e. The van der Waals surface area contributed by atoms with Crippen LogP contribution in [-0.2, 0) is 5.92 Å². The van der Waals surface area contributed by atoms with Crippen LogP contribution in [0.15, 0.2) is 24.3 Å². The van der Waals surface area contributed by atoms with Crippen LogP contribution in [0.4, 0.5) is 17.6 Å². The summed E-state index contributed by atoms with van der Waals surface area (Å²) >= 11 is 0. The van der Waals surface area contributed by atoms with Gasteiger partial charge in [0, 0.05) is 12.0 Å². The largest absolute Gasteiger partial charge is 0.335 e. The molecule has 1 aromatic rings. The van der Waals surface area contributed by atoms with Crippen LogP contribution in [0.5, 0.6) is 0 Å². The highest BCUT2D eigenvalue weighted by atomic mass is 19.3. The van der Waals surface area contributed by atoms with E-state index in [1.807, 2.05) is 0 Å². The van der Waals surface area contributed by atoms with Crippen molar-refractivity contribution in [1.29, 1.82) is 0 Å². The van der Waals surface area contributed by atoms with Gasteiger partial charge in [-0.1, -0.05) is 57.4 Å². The zero-order chi connectivity index (χ0) is 17.8. The molecule has 0 saturated heterocycles. The van der Waals surface area contributed by atoms with Gasteiger partial charge in [-0.25, -0.2) is 0 Å². The van der Waals surface area contributed by atoms with E-state index in [4.69, 9.17) is 0 Å². The SMILES string of the molecule is CCCC(F)(F)C(F)(F)c1ccc([C@H]2CC[C@H](CCC)CC2)cc1. The molecule has 24 heavy (non-hydrogen) atoms. The van der Waals surface area contributed by atoms with Crippen molar-refractivity contribution in [2.75, 3.05) is 0 Å². The van der Waals surface area contributed by atoms with Crippen LogP contribution in [-0.4, -0.2) is 5.92 Å². The molecule has 1 aliphatic rings. The molecule has 1 saturated carbocycles. The van der Waals surface area contributed by atoms with Crippen LogP contribution in [0.25, 0.3) is 0 Å². The Hall–Kier alpha value is -1.06. The summed E-state index contributed by atoms with van der Waals surface area (Å²) in [6.45, 7) is 3.68. The van der Waals surface area contributed by atoms with Crippen molar-refractivity contribution in [3.63, 3.8) is 0 Å². The molecule has 0 bridgehead atoms. The monoisotopic (exact) mass is 344 g/mol. The zero-order valence-electron chi connectivity index (χ0n) is 14.6. The Morgan fingerprint density at radius 3 is 1.96 bits per heavy atom. The summed E-state index contributed by atoms with van der Waals surface area (Å²) in [4.78, 5) is 0. The van der Waals surface area contributed by atoms with Gasteiger partial charge >= 0.3 is 11.8 Å². The maximum Gasteiger partial charge on any atom is 0.335 e. The van der Waals surface area contributed by atoms with E-state index >= 15 is 0 Å². The Morgan fingerprint density at radius 1 is 0.875 bits per heavy atom. The fourth-order valence-corrected chi connectivity index (χ4v) is 3.84. The highest BCUT2D eigenvalue weighted by Gasteiger charge is 2.56. The first-order chi connectivity index (χ1) is 11.3. The van der Waals surface area contributed by atoms with Gasteiger partial charge in [-0.2, -0.15) is 17.6 Å². The van der Waals surface area contributed by atoms with Gasteiger partial charge in [-0.3, -0.25) is 0 Å². The number of alkyl halides is 4. The normalized spacial score (nSPS) is 22.6. The van der Waals surface area contributed by atoms with Crippen molar-refractivity contribution in [1.82, 2.24) is 0 Å². The number of rotatable bonds is 7. The van der Waals surface area contributed by atoms with Crippen molar-refractivity contribution in [3.05, 3.63) is 35.4 Å². The molecule has 4 heteroatoms. The first-order valence-electron chi connectivity index (χ1n) is 9.17. The van der Waals surface area contributed by atoms with Gasteiger partial charge in [-0.05, 0) is 43.1 Å². The second-order valence-electron chi connectivity index (χ2n) is 7.16. The third-order valence-corrected chi connectivity index (χ3v) is 5.31. The van der Waals surface area contributed by atoms with Crippen LogP contribution in [0.3, 0.4) is 0 Å². The van der Waals surface area contributed by atoms with Crippen LogP contribution >= 0.6 is 0 Å². The molecular formula is C20H28F4. The van der Waals surface area contributed by atoms with Gasteiger partial charge in [0.05, 0.1) is 0 Å². The van der Waals surface area contributed by atoms with Crippen LogP contribution in [0.1, 0.15) is 82.3 Å². The lowest BCUT2D eigenvalue weighted by atomic mass is 9.77. The van der Waals surface area contributed by atoms with Crippen molar-refractivity contribution >= 4 is 0 Å². The van der Waals surface area contributed by atoms with Gasteiger partial charge < -0.3 is 0 Å². The predicted molar refractivity (Wildman–Crippen MR) is 89.8 cm³/mol. The lowest BCUT2D eigenvalue weighted by Crippen LogP contribution is -2.37. The van der Waals surface area contributed by atoms with E-state index in [9.17, 15) is 17.6 Å². The van der Waals surface area contributed by atoms with E-state index < -0.39 is 23.8 Å². The Balaban J connectivity index is 2.06. The highest BCUT2D eigenvalue weighted by molar-refractivity contribution is 5.29. The Kier molecular flexibility index (Phi) is 6.33. The summed E-state index contributed by atoms with van der Waals surface area (Å²) in [7, 11) is 0. The summed E-state index contributed by atoms with van der Waals surface area (Å²) in [6.07, 6.45) is 6.15. The van der Waals surface area contributed by atoms with Crippen molar-refractivity contribution in [3.8, 4) is 0 Å². The van der Waals surface area contributed by atoms with Gasteiger partial charge in [0.15, 0.2) is 0 Å². The Labute approximate surface area is 142 Å². The van der Waals surface area contributed by atoms with E-state index in [-0.39, 0.29) is 6.42 Å². The number of hydrogen-bond acceptors (Lipinski definition) is 0. The summed E-state index contributed by atoms with van der Waals surface area (Å²) in [5.74, 6) is -6.96. The van der Waals surface area contributed by atoms with Gasteiger partial charge in [-0.15, -0.1) is 0 Å². The maximum absolute atomic E-state index is 14.1. The number of hydrogen-bond donors (Lipinski definition) is 0. The molecule has 0 atom stereocenters. The van der Waals surface area contributed by atoms with Gasteiger partial charge in [0.2, 0.25) is 0 Å². The first kappa shape index (κ1) is 19.3. The minimum Gasteiger partial charge on any atom is -0.199 e. The van der Waals surface area contributed by atoms with Crippen molar-refractivity contribution in [2.45, 2.75) is 83.0 Å². The molecule has 0 aromatic heterocycles. The lowest BCUT2D eigenvalue weighted by molar-refractivity contribution is -0.219. The molecule has 0 N–H and O–H groups in total. The summed E-state index contributed by atoms with van der Waals surface area (Å²) in [6, 6.07) is 5.63. The van der Waals surface area contributed by atoms with E-state index in [2.05, 4.69) is 6.92 Å². The standard InChI is InChI=1S/C20H28F4/c1-3-5-15-6-8-16(9-7-15)17-10-12-18(13-11-17)20(23,24)19(21,22)14-4-2/h10-13,15-16H,3-9,14H2,1-2H3/t15-,16-. The van der Waals surface area contributed by atoms with Crippen molar-refractivity contribution in [2.24, 2.45) is 5.92 Å². The quantitative estimate of drug-likeness (QED) is 0.456. The first-order valence-corrected chi connectivity index (χ1v) is 9.17. The molecule has 0 spiro atoms. The molecule has 0 aliphatic heterocycles. The van der Waals surface area contributed by atoms with Crippen LogP contribution in [0.2, 0.25) is 0 Å². The molecule has 1 fully saturated rings. The Bertz CT molecular complexity index is 499. The fourth-order valence-electron chi connectivity index (χ4n) is 3.84. The fraction of sp³-hybridized carbons (Fsp3) is 0.700. The third-order valence-electron chi connectivity index (χ3n) is 5.31. The predicted octanol–water partition coefficient (Wildman–Crippen LogP) is 7.29. The van der Waals surface area contributed by atoms with Crippen LogP contribution < -0.4 is 0 Å². The topological polar surface area (TPSA) is 0 Å². The molecule has 0 heterocycles. The average Bonchev–Trinajstić information content (AvgIpc) is 2.56. The minimum atomic E-state index is -4.11. The molecule has 0 radical (unpaired) electrons. The van der Waals surface area contributed by atoms with E-state index in [1.165, 1.54) is 44.7 Å². The molecule has 1 aromatic carbocycles. The number of benzene rings is 1. The molecular weight excluding hydrogens is 316 g/mol. The summed E-state index contributed by atoms with van der Waals surface area (Å²) < 4.78 is 55.6. The van der Waals surface area contributed by atoms with E-state index in [1.54, 1.807) is 12.1 Å².